The van der Waals surface area contributed by atoms with Crippen molar-refractivity contribution < 1.29 is 34.1 Å². The van der Waals surface area contributed by atoms with Crippen molar-refractivity contribution in [1.82, 2.24) is 0 Å². The predicted molar refractivity (Wildman–Crippen MR) is 195 cm³/mol. The summed E-state index contributed by atoms with van der Waals surface area (Å²) in [6.07, 6.45) is 6.38. The van der Waals surface area contributed by atoms with Crippen molar-refractivity contribution in [3.8, 4) is 5.75 Å². The molecule has 256 valence electrons. The summed E-state index contributed by atoms with van der Waals surface area (Å²) in [6.45, 7) is 12.9. The number of carbonyl (C=O) groups excluding carboxylic acids is 2. The quantitative estimate of drug-likeness (QED) is 0.138. The minimum atomic E-state index is -1.02. The molecule has 0 saturated heterocycles. The molecule has 8 heteroatoms. The molecule has 50 heavy (non-hydrogen) atoms. The first-order valence-corrected chi connectivity index (χ1v) is 16.4. The second-order valence-corrected chi connectivity index (χ2v) is 14.0. The van der Waals surface area contributed by atoms with Crippen molar-refractivity contribution in [1.29, 1.82) is 0 Å². The number of ether oxygens (including phenoxy) is 1. The number of fused-ring (bicyclic) bond motifs is 2. The van der Waals surface area contributed by atoms with Gasteiger partial charge < -0.3 is 20.3 Å². The predicted octanol–water partition coefficient (Wildman–Crippen LogP) is 9.41. The molecule has 0 unspecified atom stereocenters. The van der Waals surface area contributed by atoms with Crippen molar-refractivity contribution in [3.63, 3.8) is 0 Å². The van der Waals surface area contributed by atoms with Crippen LogP contribution in [0, 0.1) is 0 Å². The third-order valence-corrected chi connectivity index (χ3v) is 9.38. The number of benzene rings is 4. The standard InChI is InChI=1S/C21H21NO3.C21H20O4/c1-13-10-11-21(2,3)18-9-6-15(12-17(13)18)19(23)22-16-7-4-14(5-8-16)20(24)25;1-13-10-11-21(2,3)18-9-6-15(12-17(13)18)20(24)25-16-7-4-14(5-8-16)19(22)23/h4-10,12H,11H2,1-3H3,(H,22,23)(H,24,25);4-10,12H,11H2,1-3H3,(H,22,23). The summed E-state index contributed by atoms with van der Waals surface area (Å²) in [5.41, 5.74) is 9.12. The lowest BCUT2D eigenvalue weighted by Gasteiger charge is -2.31. The van der Waals surface area contributed by atoms with Crippen LogP contribution in [0.25, 0.3) is 11.1 Å². The zero-order valence-electron chi connectivity index (χ0n) is 29.1. The number of rotatable bonds is 6. The number of allylic oxidation sites excluding steroid dienone is 4. The number of carbonyl (C=O) groups is 4. The Morgan fingerprint density at radius 3 is 1.50 bits per heavy atom. The second-order valence-electron chi connectivity index (χ2n) is 14.0. The monoisotopic (exact) mass is 671 g/mol. The molecular weight excluding hydrogens is 630 g/mol. The van der Waals surface area contributed by atoms with Crippen LogP contribution in [0.15, 0.2) is 97.1 Å². The molecule has 0 aliphatic heterocycles. The molecule has 3 N–H and O–H groups in total. The topological polar surface area (TPSA) is 130 Å². The summed E-state index contributed by atoms with van der Waals surface area (Å²) in [5, 5.41) is 20.6. The van der Waals surface area contributed by atoms with E-state index < -0.39 is 17.9 Å². The van der Waals surface area contributed by atoms with Crippen LogP contribution in [0.4, 0.5) is 5.69 Å². The lowest BCUT2D eigenvalue weighted by Crippen LogP contribution is -2.22. The van der Waals surface area contributed by atoms with E-state index >= 15 is 0 Å². The average molecular weight is 672 g/mol. The number of nitrogens with one attached hydrogen (secondary N) is 1. The second kappa shape index (κ2) is 14.0. The average Bonchev–Trinajstić information content (AvgIpc) is 3.09. The van der Waals surface area contributed by atoms with Gasteiger partial charge in [-0.15, -0.1) is 0 Å². The Labute approximate surface area is 292 Å². The first-order valence-electron chi connectivity index (χ1n) is 16.4. The Morgan fingerprint density at radius 2 is 1.02 bits per heavy atom. The maximum Gasteiger partial charge on any atom is 0.343 e. The maximum absolute atomic E-state index is 12.5. The van der Waals surface area contributed by atoms with Crippen LogP contribution >= 0.6 is 0 Å². The first-order chi connectivity index (χ1) is 23.6. The fraction of sp³-hybridized carbons (Fsp3) is 0.238. The van der Waals surface area contributed by atoms with Gasteiger partial charge in [-0.3, -0.25) is 4.79 Å². The Bertz CT molecular complexity index is 1900. The van der Waals surface area contributed by atoms with E-state index in [9.17, 15) is 19.2 Å². The molecule has 0 atom stereocenters. The van der Waals surface area contributed by atoms with Crippen molar-refractivity contribution in [2.45, 2.75) is 65.2 Å². The van der Waals surface area contributed by atoms with Crippen LogP contribution in [0.1, 0.15) is 118 Å². The molecule has 0 saturated carbocycles. The van der Waals surface area contributed by atoms with Crippen LogP contribution in [-0.2, 0) is 10.8 Å². The number of anilines is 1. The molecular formula is C42H41NO7. The van der Waals surface area contributed by atoms with Crippen LogP contribution in [-0.4, -0.2) is 34.0 Å². The number of aromatic carboxylic acids is 2. The van der Waals surface area contributed by atoms with Crippen LogP contribution in [0.2, 0.25) is 0 Å². The van der Waals surface area contributed by atoms with Crippen molar-refractivity contribution in [2.75, 3.05) is 5.32 Å². The molecule has 0 fully saturated rings. The van der Waals surface area contributed by atoms with E-state index in [0.29, 0.717) is 22.6 Å². The number of esters is 1. The molecule has 0 radical (unpaired) electrons. The van der Waals surface area contributed by atoms with Gasteiger partial charge in [0.2, 0.25) is 0 Å². The van der Waals surface area contributed by atoms with Gasteiger partial charge in [0.1, 0.15) is 5.75 Å². The van der Waals surface area contributed by atoms with Crippen LogP contribution in [0.5, 0.6) is 5.75 Å². The van der Waals surface area contributed by atoms with E-state index in [0.717, 1.165) is 29.5 Å². The Balaban J connectivity index is 0.000000194. The smallest absolute Gasteiger partial charge is 0.343 e. The minimum absolute atomic E-state index is 0.0456. The molecule has 1 amide bonds. The van der Waals surface area contributed by atoms with Gasteiger partial charge in [0, 0.05) is 11.3 Å². The van der Waals surface area contributed by atoms with Gasteiger partial charge in [0.05, 0.1) is 16.7 Å². The van der Waals surface area contributed by atoms with Gasteiger partial charge in [-0.05, 0) is 144 Å². The number of carboxylic acids is 2. The molecule has 0 heterocycles. The van der Waals surface area contributed by atoms with E-state index in [1.54, 1.807) is 18.2 Å². The Hall–Kier alpha value is -5.76. The van der Waals surface area contributed by atoms with E-state index in [1.807, 2.05) is 37.3 Å². The minimum Gasteiger partial charge on any atom is -0.478 e. The number of amides is 1. The molecule has 0 spiro atoms. The van der Waals surface area contributed by atoms with Crippen molar-refractivity contribution >= 4 is 40.6 Å². The van der Waals surface area contributed by atoms with Gasteiger partial charge in [0.15, 0.2) is 0 Å². The number of hydrogen-bond acceptors (Lipinski definition) is 5. The van der Waals surface area contributed by atoms with Crippen molar-refractivity contribution in [3.05, 3.63) is 142 Å². The summed E-state index contributed by atoms with van der Waals surface area (Å²) in [7, 11) is 0. The van der Waals surface area contributed by atoms with E-state index in [4.69, 9.17) is 14.9 Å². The fourth-order valence-corrected chi connectivity index (χ4v) is 6.18. The fourth-order valence-electron chi connectivity index (χ4n) is 6.18. The Morgan fingerprint density at radius 1 is 0.600 bits per heavy atom. The maximum atomic E-state index is 12.5. The van der Waals surface area contributed by atoms with E-state index in [2.05, 4.69) is 52.1 Å². The summed E-state index contributed by atoms with van der Waals surface area (Å²) < 4.78 is 5.36. The number of hydrogen-bond donors (Lipinski definition) is 3. The lowest BCUT2D eigenvalue weighted by atomic mass is 9.73. The zero-order chi connectivity index (χ0) is 36.4. The highest BCUT2D eigenvalue weighted by Gasteiger charge is 2.29. The summed E-state index contributed by atoms with van der Waals surface area (Å²) in [5.74, 6) is -2.35. The number of carboxylic acid groups (broad SMARTS) is 2. The molecule has 0 aromatic heterocycles. The van der Waals surface area contributed by atoms with E-state index in [-0.39, 0.29) is 27.9 Å². The highest BCUT2D eigenvalue weighted by molar-refractivity contribution is 6.05. The van der Waals surface area contributed by atoms with E-state index in [1.165, 1.54) is 53.1 Å². The third kappa shape index (κ3) is 7.76. The molecule has 4 aromatic rings. The molecule has 4 aromatic carbocycles. The summed E-state index contributed by atoms with van der Waals surface area (Å²) in [4.78, 5) is 46.7. The van der Waals surface area contributed by atoms with Gasteiger partial charge in [-0.1, -0.05) is 52.0 Å². The zero-order valence-corrected chi connectivity index (χ0v) is 29.1. The van der Waals surface area contributed by atoms with Crippen LogP contribution in [0.3, 0.4) is 0 Å². The SMILES string of the molecule is CC1=CCC(C)(C)c2ccc(C(=O)Nc3ccc(C(=O)O)cc3)cc21.CC1=CCC(C)(C)c2ccc(C(=O)Oc3ccc(C(=O)O)cc3)cc21. The van der Waals surface area contributed by atoms with Crippen molar-refractivity contribution in [2.24, 2.45) is 0 Å². The molecule has 2 aliphatic rings. The summed E-state index contributed by atoms with van der Waals surface area (Å²) >= 11 is 0. The summed E-state index contributed by atoms with van der Waals surface area (Å²) in [6, 6.07) is 23.4. The molecule has 8 nitrogen and oxygen atoms in total. The normalized spacial score (nSPS) is 15.1. The molecule has 0 bridgehead atoms. The van der Waals surface area contributed by atoms with Gasteiger partial charge in [-0.25, -0.2) is 14.4 Å². The largest absolute Gasteiger partial charge is 0.478 e. The highest BCUT2D eigenvalue weighted by atomic mass is 16.5. The highest BCUT2D eigenvalue weighted by Crippen LogP contribution is 2.40. The van der Waals surface area contributed by atoms with Crippen LogP contribution < -0.4 is 10.1 Å². The van der Waals surface area contributed by atoms with Gasteiger partial charge >= 0.3 is 17.9 Å². The Kier molecular flexibility index (Phi) is 9.95. The first kappa shape index (κ1) is 35.5. The third-order valence-electron chi connectivity index (χ3n) is 9.38. The van der Waals surface area contributed by atoms with Gasteiger partial charge in [0.25, 0.3) is 5.91 Å². The molecule has 2 aliphatic carbocycles. The lowest BCUT2D eigenvalue weighted by molar-refractivity contribution is 0.0685. The molecule has 6 rings (SSSR count). The van der Waals surface area contributed by atoms with Gasteiger partial charge in [-0.2, -0.15) is 0 Å².